The molecule has 0 unspecified atom stereocenters. The highest BCUT2D eigenvalue weighted by molar-refractivity contribution is 9.11. The number of rotatable bonds is 3. The summed E-state index contributed by atoms with van der Waals surface area (Å²) < 4.78 is 2.08. The average Bonchev–Trinajstić information content (AvgIpc) is 2.38. The summed E-state index contributed by atoms with van der Waals surface area (Å²) in [7, 11) is 0. The van der Waals surface area contributed by atoms with Crippen LogP contribution in [0.5, 0.6) is 0 Å². The third-order valence-electron chi connectivity index (χ3n) is 2.97. The van der Waals surface area contributed by atoms with Gasteiger partial charge in [-0.2, -0.15) is 0 Å². The Morgan fingerprint density at radius 1 is 1.10 bits per heavy atom. The lowest BCUT2D eigenvalue weighted by molar-refractivity contribution is 1.33. The van der Waals surface area contributed by atoms with E-state index >= 15 is 0 Å². The Balaban J connectivity index is 2.33. The predicted molar refractivity (Wildman–Crippen MR) is 96.9 cm³/mol. The molecule has 0 aliphatic heterocycles. The maximum atomic E-state index is 5.63. The highest BCUT2D eigenvalue weighted by atomic mass is 79.9. The highest BCUT2D eigenvalue weighted by Crippen LogP contribution is 2.30. The van der Waals surface area contributed by atoms with Crippen molar-refractivity contribution in [3.63, 3.8) is 0 Å². The summed E-state index contributed by atoms with van der Waals surface area (Å²) in [5.74, 6) is 0. The van der Waals surface area contributed by atoms with E-state index in [2.05, 4.69) is 63.2 Å². The van der Waals surface area contributed by atoms with Crippen molar-refractivity contribution in [3.05, 3.63) is 56.0 Å². The van der Waals surface area contributed by atoms with Crippen LogP contribution < -0.4 is 11.1 Å². The molecule has 0 aromatic heterocycles. The largest absolute Gasteiger partial charge is 0.389 e. The van der Waals surface area contributed by atoms with Crippen molar-refractivity contribution < 1.29 is 0 Å². The van der Waals surface area contributed by atoms with Crippen LogP contribution in [0, 0.1) is 13.8 Å². The molecule has 0 bridgehead atoms. The Hall–Kier alpha value is -0.910. The second-order valence-corrected chi connectivity index (χ2v) is 6.70. The summed E-state index contributed by atoms with van der Waals surface area (Å²) in [6, 6.07) is 10.00. The van der Waals surface area contributed by atoms with Crippen molar-refractivity contribution in [1.29, 1.82) is 0 Å². The maximum absolute atomic E-state index is 5.63. The number of thiocarbonyl (C=S) groups is 1. The molecule has 5 heteroatoms. The smallest absolute Gasteiger partial charge is 0.104 e. The van der Waals surface area contributed by atoms with E-state index < -0.39 is 0 Å². The van der Waals surface area contributed by atoms with Crippen molar-refractivity contribution in [2.45, 2.75) is 13.8 Å². The van der Waals surface area contributed by atoms with Gasteiger partial charge in [-0.15, -0.1) is 0 Å². The van der Waals surface area contributed by atoms with Crippen LogP contribution in [0.1, 0.15) is 16.7 Å². The fraction of sp³-hybridized carbons (Fsp3) is 0.133. The molecule has 0 spiro atoms. The zero-order valence-electron chi connectivity index (χ0n) is 11.1. The third kappa shape index (κ3) is 3.40. The van der Waals surface area contributed by atoms with Gasteiger partial charge in [0.1, 0.15) is 4.99 Å². The van der Waals surface area contributed by atoms with Gasteiger partial charge < -0.3 is 11.1 Å². The van der Waals surface area contributed by atoms with Gasteiger partial charge in [-0.05, 0) is 71.2 Å². The maximum Gasteiger partial charge on any atom is 0.104 e. The van der Waals surface area contributed by atoms with Crippen molar-refractivity contribution in [3.8, 4) is 0 Å². The molecule has 0 atom stereocenters. The first kappa shape index (κ1) is 15.5. The molecule has 2 rings (SSSR count). The first-order chi connectivity index (χ1) is 9.38. The number of nitrogens with two attached hydrogens (primary N) is 1. The van der Waals surface area contributed by atoms with Crippen molar-refractivity contribution >= 4 is 60.4 Å². The number of hydrogen-bond acceptors (Lipinski definition) is 2. The van der Waals surface area contributed by atoms with Gasteiger partial charge in [0.15, 0.2) is 0 Å². The molecular formula is C15H14Br2N2S. The molecule has 0 aliphatic rings. The minimum atomic E-state index is 0.396. The van der Waals surface area contributed by atoms with Crippen molar-refractivity contribution in [2.24, 2.45) is 5.73 Å². The zero-order chi connectivity index (χ0) is 14.9. The van der Waals surface area contributed by atoms with Gasteiger partial charge in [0.05, 0.1) is 5.69 Å². The van der Waals surface area contributed by atoms with E-state index in [-0.39, 0.29) is 0 Å². The van der Waals surface area contributed by atoms with Crippen LogP contribution in [-0.2, 0) is 0 Å². The van der Waals surface area contributed by atoms with E-state index in [4.69, 9.17) is 18.0 Å². The molecule has 2 nitrogen and oxygen atoms in total. The van der Waals surface area contributed by atoms with Crippen LogP contribution in [0.25, 0.3) is 0 Å². The van der Waals surface area contributed by atoms with E-state index in [1.165, 1.54) is 11.1 Å². The molecule has 2 aromatic carbocycles. The van der Waals surface area contributed by atoms with Crippen LogP contribution in [0.15, 0.2) is 39.3 Å². The van der Waals surface area contributed by atoms with Crippen molar-refractivity contribution in [1.82, 2.24) is 0 Å². The SMILES string of the molecule is Cc1cc(Nc2ccc(C(N)=S)cc2Br)cc(C)c1Br. The molecule has 3 N–H and O–H groups in total. The summed E-state index contributed by atoms with van der Waals surface area (Å²) >= 11 is 12.1. The Bertz CT molecular complexity index is 661. The van der Waals surface area contributed by atoms with Crippen LogP contribution >= 0.6 is 44.1 Å². The molecule has 0 saturated carbocycles. The van der Waals surface area contributed by atoms with Gasteiger partial charge in [0.2, 0.25) is 0 Å². The fourth-order valence-corrected chi connectivity index (χ4v) is 2.78. The lowest BCUT2D eigenvalue weighted by Crippen LogP contribution is -2.09. The molecule has 0 fully saturated rings. The number of benzene rings is 2. The standard InChI is InChI=1S/C15H14Br2N2S/c1-8-5-11(6-9(2)14(8)17)19-13-4-3-10(15(18)20)7-12(13)16/h3-7,19H,1-2H3,(H2,18,20). The fourth-order valence-electron chi connectivity index (χ4n) is 1.94. The third-order valence-corrected chi connectivity index (χ3v) is 5.11. The molecule has 0 amide bonds. The topological polar surface area (TPSA) is 38.0 Å². The first-order valence-corrected chi connectivity index (χ1v) is 8.01. The number of halogens is 2. The van der Waals surface area contributed by atoms with Gasteiger partial charge >= 0.3 is 0 Å². The summed E-state index contributed by atoms with van der Waals surface area (Å²) in [5, 5.41) is 3.40. The molecule has 0 saturated heterocycles. The number of anilines is 2. The predicted octanol–water partition coefficient (Wildman–Crippen LogP) is 5.21. The molecule has 20 heavy (non-hydrogen) atoms. The number of nitrogens with one attached hydrogen (secondary N) is 1. The van der Waals surface area contributed by atoms with Gasteiger partial charge in [-0.25, -0.2) is 0 Å². The van der Waals surface area contributed by atoms with E-state index in [1.807, 2.05) is 18.2 Å². The molecule has 2 aromatic rings. The second-order valence-electron chi connectivity index (χ2n) is 4.61. The number of hydrogen-bond donors (Lipinski definition) is 2. The minimum Gasteiger partial charge on any atom is -0.389 e. The normalized spacial score (nSPS) is 10.4. The molecule has 104 valence electrons. The zero-order valence-corrected chi connectivity index (χ0v) is 15.1. The quantitative estimate of drug-likeness (QED) is 0.678. The van der Waals surface area contributed by atoms with Gasteiger partial charge in [0, 0.05) is 20.2 Å². The summed E-state index contributed by atoms with van der Waals surface area (Å²) in [4.78, 5) is 0.396. The molecular weight excluding hydrogens is 400 g/mol. The van der Waals surface area contributed by atoms with Gasteiger partial charge in [-0.1, -0.05) is 28.1 Å². The van der Waals surface area contributed by atoms with Gasteiger partial charge in [-0.3, -0.25) is 0 Å². The Morgan fingerprint density at radius 2 is 1.70 bits per heavy atom. The Kier molecular flexibility index (Phi) is 4.83. The van der Waals surface area contributed by atoms with Crippen LogP contribution in [0.2, 0.25) is 0 Å². The van der Waals surface area contributed by atoms with Crippen LogP contribution in [0.3, 0.4) is 0 Å². The van der Waals surface area contributed by atoms with E-state index in [0.29, 0.717) is 4.99 Å². The summed E-state index contributed by atoms with van der Waals surface area (Å²) in [5.41, 5.74) is 10.9. The van der Waals surface area contributed by atoms with E-state index in [9.17, 15) is 0 Å². The summed E-state index contributed by atoms with van der Waals surface area (Å²) in [6.45, 7) is 4.15. The van der Waals surface area contributed by atoms with E-state index in [0.717, 1.165) is 25.9 Å². The monoisotopic (exact) mass is 412 g/mol. The van der Waals surface area contributed by atoms with Crippen LogP contribution in [-0.4, -0.2) is 4.99 Å². The second kappa shape index (κ2) is 6.24. The highest BCUT2D eigenvalue weighted by Gasteiger charge is 2.06. The molecule has 0 aliphatic carbocycles. The van der Waals surface area contributed by atoms with Gasteiger partial charge in [0.25, 0.3) is 0 Å². The van der Waals surface area contributed by atoms with Crippen molar-refractivity contribution in [2.75, 3.05) is 5.32 Å². The van der Waals surface area contributed by atoms with Crippen LogP contribution in [0.4, 0.5) is 11.4 Å². The molecule has 0 radical (unpaired) electrons. The Labute approximate surface area is 141 Å². The summed E-state index contributed by atoms with van der Waals surface area (Å²) in [6.07, 6.45) is 0. The molecule has 0 heterocycles. The Morgan fingerprint density at radius 3 is 2.20 bits per heavy atom. The lowest BCUT2D eigenvalue weighted by atomic mass is 10.1. The average molecular weight is 414 g/mol. The lowest BCUT2D eigenvalue weighted by Gasteiger charge is -2.13. The van der Waals surface area contributed by atoms with E-state index in [1.54, 1.807) is 0 Å². The first-order valence-electron chi connectivity index (χ1n) is 6.01. The number of aryl methyl sites for hydroxylation is 2. The minimum absolute atomic E-state index is 0.396.